The molecule has 0 heterocycles. The third-order valence-corrected chi connectivity index (χ3v) is 4.28. The third kappa shape index (κ3) is 7.79. The number of methoxy groups -OCH3 is 2. The molecule has 0 fully saturated rings. The van der Waals surface area contributed by atoms with E-state index in [1.54, 1.807) is 26.4 Å². The number of halogens is 1. The van der Waals surface area contributed by atoms with Crippen LogP contribution in [0, 0.1) is 0 Å². The Morgan fingerprint density at radius 2 is 1.63 bits per heavy atom. The van der Waals surface area contributed by atoms with Crippen LogP contribution in [-0.2, 0) is 11.2 Å². The van der Waals surface area contributed by atoms with E-state index in [4.69, 9.17) is 25.8 Å². The highest BCUT2D eigenvalue weighted by atomic mass is 35.5. The maximum absolute atomic E-state index is 12.0. The van der Waals surface area contributed by atoms with Gasteiger partial charge >= 0.3 is 0 Å². The number of carbonyl (C=O) groups is 1. The molecule has 2 aromatic carbocycles. The normalized spacial score (nSPS) is 10.3. The van der Waals surface area contributed by atoms with Crippen molar-refractivity contribution in [3.8, 4) is 17.2 Å². The third-order valence-electron chi connectivity index (χ3n) is 4.03. The molecule has 0 atom stereocenters. The Labute approximate surface area is 165 Å². The molecule has 146 valence electrons. The Morgan fingerprint density at radius 1 is 0.963 bits per heavy atom. The Morgan fingerprint density at radius 3 is 2.26 bits per heavy atom. The number of amides is 1. The molecule has 1 amide bonds. The van der Waals surface area contributed by atoms with Gasteiger partial charge in [-0.1, -0.05) is 11.6 Å². The van der Waals surface area contributed by atoms with Crippen molar-refractivity contribution in [3.05, 3.63) is 53.1 Å². The van der Waals surface area contributed by atoms with Crippen molar-refractivity contribution in [2.75, 3.05) is 27.4 Å². The lowest BCUT2D eigenvalue weighted by atomic mass is 10.1. The van der Waals surface area contributed by atoms with Crippen LogP contribution in [0.5, 0.6) is 17.2 Å². The first-order valence-corrected chi connectivity index (χ1v) is 9.35. The van der Waals surface area contributed by atoms with Crippen molar-refractivity contribution in [2.24, 2.45) is 0 Å². The second-order valence-corrected chi connectivity index (χ2v) is 6.52. The second-order valence-electron chi connectivity index (χ2n) is 6.08. The lowest BCUT2D eigenvalue weighted by Crippen LogP contribution is -2.24. The van der Waals surface area contributed by atoms with Crippen molar-refractivity contribution in [1.82, 2.24) is 5.32 Å². The summed E-state index contributed by atoms with van der Waals surface area (Å²) in [5.41, 5.74) is 1.01. The number of nitrogens with one attached hydrogen (secondary N) is 1. The first kappa shape index (κ1) is 20.9. The number of aryl methyl sites for hydroxylation is 1. The van der Waals surface area contributed by atoms with Crippen LogP contribution < -0.4 is 19.5 Å². The number of rotatable bonds is 11. The lowest BCUT2D eigenvalue weighted by Gasteiger charge is -2.09. The predicted octanol–water partition coefficient (Wildman–Crippen LogP) is 4.27. The van der Waals surface area contributed by atoms with E-state index >= 15 is 0 Å². The van der Waals surface area contributed by atoms with Gasteiger partial charge in [0.25, 0.3) is 0 Å². The molecule has 0 spiro atoms. The Balaban J connectivity index is 1.60. The van der Waals surface area contributed by atoms with Crippen LogP contribution in [0.1, 0.15) is 24.8 Å². The molecule has 0 saturated heterocycles. The van der Waals surface area contributed by atoms with Crippen LogP contribution in [-0.4, -0.2) is 33.3 Å². The molecule has 0 aromatic heterocycles. The Hall–Kier alpha value is -2.40. The molecule has 0 aliphatic rings. The average molecular weight is 392 g/mol. The van der Waals surface area contributed by atoms with Gasteiger partial charge in [0.15, 0.2) is 0 Å². The maximum atomic E-state index is 12.0. The highest BCUT2D eigenvalue weighted by molar-refractivity contribution is 6.30. The van der Waals surface area contributed by atoms with Crippen molar-refractivity contribution >= 4 is 17.5 Å². The molecule has 5 nitrogen and oxygen atoms in total. The molecule has 2 rings (SSSR count). The summed E-state index contributed by atoms with van der Waals surface area (Å²) in [5, 5.41) is 3.63. The van der Waals surface area contributed by atoms with Gasteiger partial charge in [-0.05, 0) is 61.2 Å². The highest BCUT2D eigenvalue weighted by Gasteiger charge is 2.05. The van der Waals surface area contributed by atoms with E-state index in [1.165, 1.54) is 0 Å². The van der Waals surface area contributed by atoms with Crippen molar-refractivity contribution in [1.29, 1.82) is 0 Å². The van der Waals surface area contributed by atoms with Gasteiger partial charge in [-0.25, -0.2) is 0 Å². The summed E-state index contributed by atoms with van der Waals surface area (Å²) < 4.78 is 16.1. The van der Waals surface area contributed by atoms with Crippen LogP contribution in [0.3, 0.4) is 0 Å². The van der Waals surface area contributed by atoms with Crippen LogP contribution in [0.15, 0.2) is 42.5 Å². The summed E-state index contributed by atoms with van der Waals surface area (Å²) >= 11 is 5.83. The summed E-state index contributed by atoms with van der Waals surface area (Å²) in [6.45, 7) is 1.26. The number of hydrogen-bond donors (Lipinski definition) is 1. The first-order valence-electron chi connectivity index (χ1n) is 8.97. The first-order chi connectivity index (χ1) is 13.1. The Bertz CT molecular complexity index is 696. The number of ether oxygens (including phenoxy) is 3. The van der Waals surface area contributed by atoms with Gasteiger partial charge in [0.1, 0.15) is 17.2 Å². The summed E-state index contributed by atoms with van der Waals surface area (Å²) in [5.74, 6) is 2.29. The number of hydrogen-bond acceptors (Lipinski definition) is 4. The van der Waals surface area contributed by atoms with E-state index in [1.807, 2.05) is 30.3 Å². The van der Waals surface area contributed by atoms with Gasteiger partial charge in [-0.3, -0.25) is 4.79 Å². The molecule has 0 unspecified atom stereocenters. The fourth-order valence-electron chi connectivity index (χ4n) is 2.53. The van der Waals surface area contributed by atoms with Crippen LogP contribution in [0.2, 0.25) is 5.02 Å². The van der Waals surface area contributed by atoms with E-state index in [0.717, 1.165) is 35.7 Å². The van der Waals surface area contributed by atoms with E-state index in [9.17, 15) is 4.79 Å². The number of unbranched alkanes of at least 4 members (excludes halogenated alkanes) is 1. The minimum Gasteiger partial charge on any atom is -0.497 e. The molecular formula is C21H26ClNO4. The molecule has 27 heavy (non-hydrogen) atoms. The monoisotopic (exact) mass is 391 g/mol. The zero-order chi connectivity index (χ0) is 19.5. The van der Waals surface area contributed by atoms with Crippen molar-refractivity contribution in [3.63, 3.8) is 0 Å². The van der Waals surface area contributed by atoms with Gasteiger partial charge in [0, 0.05) is 24.1 Å². The molecule has 0 aliphatic carbocycles. The summed E-state index contributed by atoms with van der Waals surface area (Å²) in [7, 11) is 3.23. The van der Waals surface area contributed by atoms with Crippen molar-refractivity contribution < 1.29 is 19.0 Å². The zero-order valence-electron chi connectivity index (χ0n) is 15.8. The molecule has 0 saturated carbocycles. The SMILES string of the molecule is COc1cc(CCC(=O)NCCCCOc2ccc(Cl)cc2)cc(OC)c1. The fourth-order valence-corrected chi connectivity index (χ4v) is 2.66. The van der Waals surface area contributed by atoms with Gasteiger partial charge < -0.3 is 19.5 Å². The number of carbonyl (C=O) groups excluding carboxylic acids is 1. The van der Waals surface area contributed by atoms with Crippen molar-refractivity contribution in [2.45, 2.75) is 25.7 Å². The minimum absolute atomic E-state index is 0.0374. The lowest BCUT2D eigenvalue weighted by molar-refractivity contribution is -0.121. The fraction of sp³-hybridized carbons (Fsp3) is 0.381. The van der Waals surface area contributed by atoms with Crippen LogP contribution in [0.25, 0.3) is 0 Å². The average Bonchev–Trinajstić information content (AvgIpc) is 2.70. The van der Waals surface area contributed by atoms with E-state index in [2.05, 4.69) is 5.32 Å². The molecule has 2 aromatic rings. The molecule has 1 N–H and O–H groups in total. The molecular weight excluding hydrogens is 366 g/mol. The predicted molar refractivity (Wildman–Crippen MR) is 107 cm³/mol. The van der Waals surface area contributed by atoms with Gasteiger partial charge in [0.2, 0.25) is 5.91 Å². The van der Waals surface area contributed by atoms with E-state index < -0.39 is 0 Å². The standard InChI is InChI=1S/C21H26ClNO4/c1-25-19-13-16(14-20(15-19)26-2)5-10-21(24)23-11-3-4-12-27-18-8-6-17(22)7-9-18/h6-9,13-15H,3-5,10-12H2,1-2H3,(H,23,24). The summed E-state index contributed by atoms with van der Waals surface area (Å²) in [4.78, 5) is 12.0. The smallest absolute Gasteiger partial charge is 0.220 e. The van der Waals surface area contributed by atoms with E-state index in [0.29, 0.717) is 31.0 Å². The van der Waals surface area contributed by atoms with Crippen LogP contribution in [0.4, 0.5) is 0 Å². The minimum atomic E-state index is 0.0374. The summed E-state index contributed by atoms with van der Waals surface area (Å²) in [6.07, 6.45) is 2.80. The van der Waals surface area contributed by atoms with Gasteiger partial charge in [-0.15, -0.1) is 0 Å². The molecule has 0 bridgehead atoms. The Kier molecular flexibility index (Phi) is 8.78. The number of benzene rings is 2. The van der Waals surface area contributed by atoms with Crippen LogP contribution >= 0.6 is 11.6 Å². The molecule has 0 radical (unpaired) electrons. The maximum Gasteiger partial charge on any atom is 0.220 e. The molecule has 6 heteroatoms. The second kappa shape index (κ2) is 11.3. The van der Waals surface area contributed by atoms with E-state index in [-0.39, 0.29) is 5.91 Å². The van der Waals surface area contributed by atoms with Gasteiger partial charge in [-0.2, -0.15) is 0 Å². The topological polar surface area (TPSA) is 56.8 Å². The quantitative estimate of drug-likeness (QED) is 0.581. The molecule has 0 aliphatic heterocycles. The van der Waals surface area contributed by atoms with Gasteiger partial charge in [0.05, 0.1) is 20.8 Å². The largest absolute Gasteiger partial charge is 0.497 e. The summed E-state index contributed by atoms with van der Waals surface area (Å²) in [6, 6.07) is 12.9. The highest BCUT2D eigenvalue weighted by Crippen LogP contribution is 2.23. The zero-order valence-corrected chi connectivity index (χ0v) is 16.6.